The Balaban J connectivity index is 1.38. The van der Waals surface area contributed by atoms with Crippen LogP contribution in [-0.2, 0) is 14.8 Å². The second kappa shape index (κ2) is 9.52. The van der Waals surface area contributed by atoms with Gasteiger partial charge in [0, 0.05) is 43.3 Å². The highest BCUT2D eigenvalue weighted by Crippen LogP contribution is 2.25. The van der Waals surface area contributed by atoms with E-state index in [4.69, 9.17) is 0 Å². The lowest BCUT2D eigenvalue weighted by Crippen LogP contribution is -2.52. The quantitative estimate of drug-likeness (QED) is 0.605. The summed E-state index contributed by atoms with van der Waals surface area (Å²) >= 11 is 0. The Kier molecular flexibility index (Phi) is 6.67. The van der Waals surface area contributed by atoms with E-state index in [1.54, 1.807) is 35.4 Å². The number of nitrogens with one attached hydrogen (secondary N) is 1. The molecule has 178 valence electrons. The number of para-hydroxylation sites is 1. The number of benzene rings is 2. The predicted molar refractivity (Wildman–Crippen MR) is 130 cm³/mol. The topological polar surface area (TPSA) is 99.7 Å². The average molecular weight is 481 g/mol. The van der Waals surface area contributed by atoms with Crippen molar-refractivity contribution in [2.75, 3.05) is 32.7 Å². The molecule has 0 aliphatic carbocycles. The zero-order chi connectivity index (χ0) is 24.5. The molecule has 0 bridgehead atoms. The van der Waals surface area contributed by atoms with Crippen molar-refractivity contribution >= 4 is 32.7 Å². The normalized spacial score (nSPS) is 14.9. The number of aromatic nitrogens is 1. The van der Waals surface area contributed by atoms with Crippen molar-refractivity contribution in [2.24, 2.45) is 0 Å². The molecule has 1 saturated heterocycles. The van der Waals surface area contributed by atoms with Crippen molar-refractivity contribution in [3.63, 3.8) is 0 Å². The summed E-state index contributed by atoms with van der Waals surface area (Å²) in [5, 5.41) is 3.44. The van der Waals surface area contributed by atoms with E-state index in [0.717, 1.165) is 22.1 Å². The van der Waals surface area contributed by atoms with Crippen LogP contribution in [0.15, 0.2) is 53.6 Å². The van der Waals surface area contributed by atoms with E-state index < -0.39 is 10.0 Å². The van der Waals surface area contributed by atoms with Gasteiger partial charge in [-0.25, -0.2) is 8.42 Å². The van der Waals surface area contributed by atoms with Crippen LogP contribution in [-0.4, -0.2) is 67.1 Å². The molecule has 0 saturated carbocycles. The molecule has 4 rings (SSSR count). The van der Waals surface area contributed by atoms with Crippen LogP contribution in [0.5, 0.6) is 0 Å². The van der Waals surface area contributed by atoms with Crippen LogP contribution < -0.4 is 5.32 Å². The van der Waals surface area contributed by atoms with E-state index >= 15 is 0 Å². The molecular weight excluding hydrogens is 452 g/mol. The minimum absolute atomic E-state index is 0.134. The van der Waals surface area contributed by atoms with E-state index in [1.807, 2.05) is 39.0 Å². The zero-order valence-electron chi connectivity index (χ0n) is 19.5. The van der Waals surface area contributed by atoms with Gasteiger partial charge < -0.3 is 10.2 Å². The lowest BCUT2D eigenvalue weighted by atomic mass is 10.1. The van der Waals surface area contributed by atoms with Gasteiger partial charge in [0.15, 0.2) is 0 Å². The first-order valence-corrected chi connectivity index (χ1v) is 12.6. The second-order valence-corrected chi connectivity index (χ2v) is 10.6. The van der Waals surface area contributed by atoms with Crippen molar-refractivity contribution in [3.05, 3.63) is 70.9 Å². The number of fused-ring (bicyclic) bond motifs is 1. The number of hydrogen-bond donors (Lipinski definition) is 1. The van der Waals surface area contributed by atoms with Gasteiger partial charge in [-0.3, -0.25) is 14.6 Å². The third-order valence-corrected chi connectivity index (χ3v) is 7.83. The summed E-state index contributed by atoms with van der Waals surface area (Å²) < 4.78 is 28.0. The number of sulfonamides is 1. The number of carbonyl (C=O) groups is 2. The summed E-state index contributed by atoms with van der Waals surface area (Å²) in [7, 11) is -3.76. The molecule has 0 unspecified atom stereocenters. The average Bonchev–Trinajstić information content (AvgIpc) is 2.81. The Hall–Kier alpha value is -3.30. The molecule has 1 fully saturated rings. The summed E-state index contributed by atoms with van der Waals surface area (Å²) in [4.78, 5) is 31.2. The van der Waals surface area contributed by atoms with Crippen molar-refractivity contribution in [2.45, 2.75) is 25.7 Å². The lowest BCUT2D eigenvalue weighted by molar-refractivity contribution is -0.131. The molecule has 2 heterocycles. The van der Waals surface area contributed by atoms with Gasteiger partial charge >= 0.3 is 0 Å². The summed E-state index contributed by atoms with van der Waals surface area (Å²) in [6.45, 7) is 6.49. The van der Waals surface area contributed by atoms with Gasteiger partial charge in [-0.15, -0.1) is 0 Å². The Morgan fingerprint density at radius 1 is 0.941 bits per heavy atom. The SMILES string of the molecule is Cc1cc(C)cc(C(=O)NCC(=O)N2CCN(S(=O)(=O)c3cccc4cc(C)cnc34)CC2)c1. The van der Waals surface area contributed by atoms with Crippen LogP contribution in [0.25, 0.3) is 10.9 Å². The van der Waals surface area contributed by atoms with Gasteiger partial charge in [0.2, 0.25) is 15.9 Å². The molecule has 9 heteroatoms. The number of aryl methyl sites for hydroxylation is 3. The van der Waals surface area contributed by atoms with E-state index in [2.05, 4.69) is 10.3 Å². The number of nitrogens with zero attached hydrogens (tertiary/aromatic N) is 3. The molecule has 2 amide bonds. The predicted octanol–water partition coefficient (Wildman–Crippen LogP) is 2.42. The van der Waals surface area contributed by atoms with Crippen LogP contribution in [0.3, 0.4) is 0 Å². The summed E-state index contributed by atoms with van der Waals surface area (Å²) in [6, 6.07) is 12.6. The highest BCUT2D eigenvalue weighted by Gasteiger charge is 2.31. The van der Waals surface area contributed by atoms with E-state index in [-0.39, 0.29) is 49.4 Å². The third kappa shape index (κ3) is 4.95. The fourth-order valence-corrected chi connectivity index (χ4v) is 5.83. The molecule has 1 aliphatic heterocycles. The Morgan fingerprint density at radius 3 is 2.29 bits per heavy atom. The van der Waals surface area contributed by atoms with Gasteiger partial charge in [0.25, 0.3) is 5.91 Å². The van der Waals surface area contributed by atoms with Crippen LogP contribution in [0.1, 0.15) is 27.0 Å². The van der Waals surface area contributed by atoms with Crippen LogP contribution in [0.4, 0.5) is 0 Å². The monoisotopic (exact) mass is 480 g/mol. The van der Waals surface area contributed by atoms with E-state index in [0.29, 0.717) is 11.1 Å². The molecule has 1 aliphatic rings. The minimum Gasteiger partial charge on any atom is -0.343 e. The maximum Gasteiger partial charge on any atom is 0.251 e. The largest absolute Gasteiger partial charge is 0.343 e. The Bertz CT molecular complexity index is 1340. The molecule has 34 heavy (non-hydrogen) atoms. The molecule has 0 atom stereocenters. The van der Waals surface area contributed by atoms with Crippen molar-refractivity contribution < 1.29 is 18.0 Å². The molecule has 0 spiro atoms. The smallest absolute Gasteiger partial charge is 0.251 e. The zero-order valence-corrected chi connectivity index (χ0v) is 20.4. The van der Waals surface area contributed by atoms with Gasteiger partial charge in [0.05, 0.1) is 12.1 Å². The van der Waals surface area contributed by atoms with Gasteiger partial charge in [0.1, 0.15) is 4.90 Å². The Labute approximate surface area is 199 Å². The van der Waals surface area contributed by atoms with E-state index in [9.17, 15) is 18.0 Å². The van der Waals surface area contributed by atoms with Crippen molar-refractivity contribution in [1.29, 1.82) is 0 Å². The number of rotatable bonds is 5. The number of piperazine rings is 1. The van der Waals surface area contributed by atoms with Gasteiger partial charge in [-0.05, 0) is 50.6 Å². The number of amides is 2. The summed E-state index contributed by atoms with van der Waals surface area (Å²) in [5.74, 6) is -0.544. The first kappa shape index (κ1) is 23.8. The first-order valence-electron chi connectivity index (χ1n) is 11.1. The second-order valence-electron chi connectivity index (χ2n) is 8.68. The minimum atomic E-state index is -3.76. The Morgan fingerprint density at radius 2 is 1.62 bits per heavy atom. The molecule has 1 aromatic heterocycles. The molecule has 8 nitrogen and oxygen atoms in total. The number of hydrogen-bond acceptors (Lipinski definition) is 5. The summed E-state index contributed by atoms with van der Waals surface area (Å²) in [5.41, 5.74) is 3.87. The van der Waals surface area contributed by atoms with E-state index in [1.165, 1.54) is 4.31 Å². The fraction of sp³-hybridized carbons (Fsp3) is 0.320. The van der Waals surface area contributed by atoms with Crippen molar-refractivity contribution in [3.8, 4) is 0 Å². The maximum absolute atomic E-state index is 13.3. The molecule has 2 aromatic carbocycles. The highest BCUT2D eigenvalue weighted by atomic mass is 32.2. The molecule has 0 radical (unpaired) electrons. The van der Waals surface area contributed by atoms with Crippen LogP contribution in [0, 0.1) is 20.8 Å². The van der Waals surface area contributed by atoms with Crippen molar-refractivity contribution in [1.82, 2.24) is 19.5 Å². The molecule has 3 aromatic rings. The summed E-state index contributed by atoms with van der Waals surface area (Å²) in [6.07, 6.45) is 1.66. The van der Waals surface area contributed by atoms with Crippen LogP contribution in [0.2, 0.25) is 0 Å². The standard InChI is InChI=1S/C25H28N4O4S/c1-17-11-18(2)13-21(12-17)25(31)27-16-23(30)28-7-9-29(10-8-28)34(32,33)22-6-4-5-20-14-19(3)15-26-24(20)22/h4-6,11-15H,7-10,16H2,1-3H3,(H,27,31). The fourth-order valence-electron chi connectivity index (χ4n) is 4.24. The number of carbonyl (C=O) groups excluding carboxylic acids is 2. The molecular formula is C25H28N4O4S. The van der Waals surface area contributed by atoms with Gasteiger partial charge in [-0.1, -0.05) is 29.3 Å². The molecule has 1 N–H and O–H groups in total. The maximum atomic E-state index is 13.3. The van der Waals surface area contributed by atoms with Crippen LogP contribution >= 0.6 is 0 Å². The highest BCUT2D eigenvalue weighted by molar-refractivity contribution is 7.89. The van der Waals surface area contributed by atoms with Gasteiger partial charge in [-0.2, -0.15) is 4.31 Å². The lowest BCUT2D eigenvalue weighted by Gasteiger charge is -2.34. The third-order valence-electron chi connectivity index (χ3n) is 5.90. The first-order chi connectivity index (χ1) is 16.1. The number of pyridine rings is 1.